The molecule has 0 aliphatic heterocycles. The number of aryl methyl sites for hydroxylation is 1. The van der Waals surface area contributed by atoms with Crippen LogP contribution < -0.4 is 0 Å². The summed E-state index contributed by atoms with van der Waals surface area (Å²) >= 11 is 0. The molecule has 3 aromatic rings. The molecule has 0 nitrogen and oxygen atoms in total. The maximum atomic E-state index is 14.1. The Morgan fingerprint density at radius 3 is 1.83 bits per heavy atom. The number of unbranched alkanes of at least 4 members (excludes halogenated alkanes) is 2. The molecule has 0 aliphatic carbocycles. The van der Waals surface area contributed by atoms with E-state index in [4.69, 9.17) is 0 Å². The van der Waals surface area contributed by atoms with Gasteiger partial charge in [0.15, 0.2) is 0 Å². The van der Waals surface area contributed by atoms with Crippen molar-refractivity contribution in [2.24, 2.45) is 0 Å². The summed E-state index contributed by atoms with van der Waals surface area (Å²) < 4.78 is 28.1. The third kappa shape index (κ3) is 5.59. The van der Waals surface area contributed by atoms with Gasteiger partial charge in [0.1, 0.15) is 11.6 Å². The molecule has 0 heterocycles. The van der Waals surface area contributed by atoms with E-state index in [0.29, 0.717) is 0 Å². The van der Waals surface area contributed by atoms with Crippen LogP contribution in [-0.4, -0.2) is 0 Å². The molecule has 0 spiro atoms. The van der Waals surface area contributed by atoms with Crippen LogP contribution in [0.3, 0.4) is 0 Å². The molecule has 0 saturated carbocycles. The highest BCUT2D eigenvalue weighted by Gasteiger charge is 2.07. The fraction of sp³-hybridized carbons (Fsp3) is 0.214. The summed E-state index contributed by atoms with van der Waals surface area (Å²) in [6.07, 6.45) is 4.83. The highest BCUT2D eigenvalue weighted by atomic mass is 19.1. The Bertz CT molecular complexity index is 1120. The molecule has 0 radical (unpaired) electrons. The summed E-state index contributed by atoms with van der Waals surface area (Å²) in [7, 11) is 0. The molecule has 0 saturated heterocycles. The number of benzene rings is 3. The first-order valence-electron chi connectivity index (χ1n) is 10.2. The molecule has 0 N–H and O–H groups in total. The van der Waals surface area contributed by atoms with E-state index in [1.165, 1.54) is 24.8 Å². The Morgan fingerprint density at radius 1 is 0.700 bits per heavy atom. The predicted octanol–water partition coefficient (Wildman–Crippen LogP) is 7.14. The van der Waals surface area contributed by atoms with Gasteiger partial charge in [-0.1, -0.05) is 73.9 Å². The van der Waals surface area contributed by atoms with Crippen molar-refractivity contribution in [3.63, 3.8) is 0 Å². The van der Waals surface area contributed by atoms with Crippen LogP contribution in [0, 0.1) is 35.3 Å². The van der Waals surface area contributed by atoms with Crippen LogP contribution in [0.2, 0.25) is 0 Å². The van der Waals surface area contributed by atoms with Crippen molar-refractivity contribution in [3.8, 4) is 34.8 Å². The minimum absolute atomic E-state index is 0.0249. The van der Waals surface area contributed by atoms with E-state index in [-0.39, 0.29) is 11.1 Å². The molecule has 150 valence electrons. The molecule has 0 fully saturated rings. The van der Waals surface area contributed by atoms with E-state index in [2.05, 4.69) is 54.9 Å². The van der Waals surface area contributed by atoms with Gasteiger partial charge in [0.05, 0.1) is 11.1 Å². The van der Waals surface area contributed by atoms with Crippen molar-refractivity contribution in [2.45, 2.75) is 39.5 Å². The van der Waals surface area contributed by atoms with Gasteiger partial charge in [-0.25, -0.2) is 8.78 Å². The van der Waals surface area contributed by atoms with E-state index in [9.17, 15) is 8.78 Å². The molecule has 0 bridgehead atoms. The third-order valence-electron chi connectivity index (χ3n) is 4.90. The number of hydrogen-bond acceptors (Lipinski definition) is 0. The van der Waals surface area contributed by atoms with E-state index < -0.39 is 11.6 Å². The molecule has 3 rings (SSSR count). The molecular formula is C28H24F2. The van der Waals surface area contributed by atoms with Gasteiger partial charge < -0.3 is 0 Å². The lowest BCUT2D eigenvalue weighted by molar-refractivity contribution is 0.594. The summed E-state index contributed by atoms with van der Waals surface area (Å²) in [6.45, 7) is 3.79. The number of rotatable bonds is 5. The van der Waals surface area contributed by atoms with E-state index in [1.807, 2.05) is 24.3 Å². The van der Waals surface area contributed by atoms with E-state index >= 15 is 0 Å². The van der Waals surface area contributed by atoms with E-state index in [0.717, 1.165) is 35.2 Å². The van der Waals surface area contributed by atoms with Crippen LogP contribution in [-0.2, 0) is 6.42 Å². The Morgan fingerprint density at radius 2 is 1.27 bits per heavy atom. The van der Waals surface area contributed by atoms with Gasteiger partial charge in [0, 0.05) is 5.56 Å². The lowest BCUT2D eigenvalue weighted by atomic mass is 10.0. The van der Waals surface area contributed by atoms with Gasteiger partial charge in [-0.2, -0.15) is 0 Å². The van der Waals surface area contributed by atoms with Crippen molar-refractivity contribution < 1.29 is 8.78 Å². The van der Waals surface area contributed by atoms with Crippen LogP contribution >= 0.6 is 0 Å². The van der Waals surface area contributed by atoms with Gasteiger partial charge in [-0.3, -0.25) is 0 Å². The SMILES string of the molecule is CC#Cc1cc(F)c(C#Cc2ccc(-c3ccc(CCCCC)cc3)cc2)cc1F. The van der Waals surface area contributed by atoms with Crippen LogP contribution in [0.15, 0.2) is 60.7 Å². The van der Waals surface area contributed by atoms with Gasteiger partial charge in [0.25, 0.3) is 0 Å². The average molecular weight is 398 g/mol. The second-order valence-corrected chi connectivity index (χ2v) is 7.17. The Kier molecular flexibility index (Phi) is 7.42. The zero-order valence-corrected chi connectivity index (χ0v) is 17.4. The van der Waals surface area contributed by atoms with Crippen LogP contribution in [0.4, 0.5) is 8.78 Å². The van der Waals surface area contributed by atoms with Gasteiger partial charge >= 0.3 is 0 Å². The van der Waals surface area contributed by atoms with Gasteiger partial charge in [-0.05, 0) is 60.7 Å². The second kappa shape index (κ2) is 10.4. The first-order chi connectivity index (χ1) is 14.6. The smallest absolute Gasteiger partial charge is 0.140 e. The van der Waals surface area contributed by atoms with Crippen LogP contribution in [0.25, 0.3) is 11.1 Å². The van der Waals surface area contributed by atoms with Crippen molar-refractivity contribution in [1.29, 1.82) is 0 Å². The molecule has 3 aromatic carbocycles. The van der Waals surface area contributed by atoms with Gasteiger partial charge in [-0.15, -0.1) is 5.92 Å². The van der Waals surface area contributed by atoms with Crippen molar-refractivity contribution in [1.82, 2.24) is 0 Å². The average Bonchev–Trinajstić information content (AvgIpc) is 2.76. The lowest BCUT2D eigenvalue weighted by Crippen LogP contribution is -1.91. The standard InChI is InChI=1S/C28H24F2/c1-3-5-6-8-21-9-14-23(15-10-21)24-16-11-22(12-17-24)13-18-26-20-27(29)25(7-4-2)19-28(26)30/h9-12,14-17,19-20H,3,5-6,8H2,1-2H3. The first-order valence-corrected chi connectivity index (χ1v) is 10.2. The first kappa shape index (κ1) is 21.4. The molecule has 0 atom stereocenters. The fourth-order valence-electron chi connectivity index (χ4n) is 3.20. The monoisotopic (exact) mass is 398 g/mol. The molecule has 0 aromatic heterocycles. The maximum absolute atomic E-state index is 14.1. The summed E-state index contributed by atoms with van der Waals surface area (Å²) in [4.78, 5) is 0. The van der Waals surface area contributed by atoms with Gasteiger partial charge in [0.2, 0.25) is 0 Å². The summed E-state index contributed by atoms with van der Waals surface area (Å²) in [5.74, 6) is 9.60. The van der Waals surface area contributed by atoms with Crippen molar-refractivity contribution in [2.75, 3.05) is 0 Å². The lowest BCUT2D eigenvalue weighted by Gasteiger charge is -2.05. The minimum Gasteiger partial charge on any atom is -0.206 e. The molecular weight excluding hydrogens is 374 g/mol. The summed E-state index contributed by atoms with van der Waals surface area (Å²) in [5, 5.41) is 0. The summed E-state index contributed by atoms with van der Waals surface area (Å²) in [5.41, 5.74) is 4.42. The fourth-order valence-corrected chi connectivity index (χ4v) is 3.20. The van der Waals surface area contributed by atoms with Crippen molar-refractivity contribution >= 4 is 0 Å². The summed E-state index contributed by atoms with van der Waals surface area (Å²) in [6, 6.07) is 18.6. The number of halogens is 2. The predicted molar refractivity (Wildman–Crippen MR) is 120 cm³/mol. The zero-order valence-electron chi connectivity index (χ0n) is 17.4. The molecule has 0 aliphatic rings. The quantitative estimate of drug-likeness (QED) is 0.317. The van der Waals surface area contributed by atoms with Crippen LogP contribution in [0.5, 0.6) is 0 Å². The highest BCUT2D eigenvalue weighted by molar-refractivity contribution is 5.65. The second-order valence-electron chi connectivity index (χ2n) is 7.17. The van der Waals surface area contributed by atoms with Crippen molar-refractivity contribution in [3.05, 3.63) is 94.6 Å². The zero-order chi connectivity index (χ0) is 21.3. The Labute approximate surface area is 178 Å². The Hall–Kier alpha value is -3.36. The topological polar surface area (TPSA) is 0 Å². The number of hydrogen-bond donors (Lipinski definition) is 0. The van der Waals surface area contributed by atoms with E-state index in [1.54, 1.807) is 6.92 Å². The normalized spacial score (nSPS) is 10.0. The third-order valence-corrected chi connectivity index (χ3v) is 4.90. The Balaban J connectivity index is 1.73. The van der Waals surface area contributed by atoms with Crippen LogP contribution in [0.1, 0.15) is 55.4 Å². The molecule has 30 heavy (non-hydrogen) atoms. The molecule has 2 heteroatoms. The highest BCUT2D eigenvalue weighted by Crippen LogP contribution is 2.21. The molecule has 0 amide bonds. The largest absolute Gasteiger partial charge is 0.206 e. The minimum atomic E-state index is -0.572. The maximum Gasteiger partial charge on any atom is 0.140 e. The molecule has 0 unspecified atom stereocenters.